The number of rotatable bonds is 7. The quantitative estimate of drug-likeness (QED) is 0.559. The first-order valence-electron chi connectivity index (χ1n) is 6.10. The summed E-state index contributed by atoms with van der Waals surface area (Å²) in [5.74, 6) is -1.09. The van der Waals surface area contributed by atoms with Crippen LogP contribution in [0.15, 0.2) is 0 Å². The normalized spacial score (nSPS) is 17.4. The second-order valence-corrected chi connectivity index (χ2v) is 5.31. The summed E-state index contributed by atoms with van der Waals surface area (Å²) < 4.78 is 10.2. The fourth-order valence-corrected chi connectivity index (χ4v) is 1.33. The van der Waals surface area contributed by atoms with E-state index in [0.717, 1.165) is 0 Å². The van der Waals surface area contributed by atoms with Crippen molar-refractivity contribution in [2.75, 3.05) is 0 Å². The summed E-state index contributed by atoms with van der Waals surface area (Å²) in [6.07, 6.45) is 1.03. The highest BCUT2D eigenvalue weighted by atomic mass is 32.1. The topological polar surface area (TPSA) is 52.6 Å². The third-order valence-corrected chi connectivity index (χ3v) is 3.82. The summed E-state index contributed by atoms with van der Waals surface area (Å²) in [4.78, 5) is 23.3. The molecule has 4 unspecified atom stereocenters. The molecule has 4 atom stereocenters. The van der Waals surface area contributed by atoms with Crippen molar-refractivity contribution in [3.05, 3.63) is 0 Å². The molecule has 0 bridgehead atoms. The van der Waals surface area contributed by atoms with E-state index in [1.807, 2.05) is 13.8 Å². The molecule has 0 radical (unpaired) electrons. The van der Waals surface area contributed by atoms with E-state index in [4.69, 9.17) is 9.47 Å². The molecular formula is C12H22O4S2. The van der Waals surface area contributed by atoms with E-state index in [2.05, 4.69) is 25.3 Å². The summed E-state index contributed by atoms with van der Waals surface area (Å²) in [5.41, 5.74) is 0. The molecule has 106 valence electrons. The first-order chi connectivity index (χ1) is 8.33. The highest BCUT2D eigenvalue weighted by Crippen LogP contribution is 2.15. The highest BCUT2D eigenvalue weighted by molar-refractivity contribution is 7.86. The number of esters is 2. The predicted molar refractivity (Wildman–Crippen MR) is 77.2 cm³/mol. The highest BCUT2D eigenvalue weighted by Gasteiger charge is 2.31. The molecule has 0 fully saturated rings. The maximum Gasteiger partial charge on any atom is 0.320 e. The Morgan fingerprint density at radius 3 is 1.39 bits per heavy atom. The zero-order valence-electron chi connectivity index (χ0n) is 11.3. The Morgan fingerprint density at radius 2 is 1.17 bits per heavy atom. The van der Waals surface area contributed by atoms with Crippen molar-refractivity contribution in [2.45, 2.75) is 63.2 Å². The van der Waals surface area contributed by atoms with Gasteiger partial charge in [-0.05, 0) is 26.7 Å². The van der Waals surface area contributed by atoms with Crippen molar-refractivity contribution in [1.29, 1.82) is 0 Å². The minimum absolute atomic E-state index is 0.196. The van der Waals surface area contributed by atoms with Crippen LogP contribution in [-0.4, -0.2) is 34.6 Å². The molecule has 0 amide bonds. The molecule has 0 saturated heterocycles. The van der Waals surface area contributed by atoms with Crippen LogP contribution in [0.4, 0.5) is 0 Å². The maximum atomic E-state index is 11.7. The van der Waals surface area contributed by atoms with Crippen molar-refractivity contribution in [3.8, 4) is 0 Å². The van der Waals surface area contributed by atoms with Crippen LogP contribution in [0.5, 0.6) is 0 Å². The van der Waals surface area contributed by atoms with Gasteiger partial charge in [0.25, 0.3) is 0 Å². The molecule has 0 aromatic rings. The Balaban J connectivity index is 4.35. The largest absolute Gasteiger partial charge is 0.462 e. The van der Waals surface area contributed by atoms with Crippen molar-refractivity contribution >= 4 is 37.2 Å². The number of carbonyl (C=O) groups excluding carboxylic acids is 2. The van der Waals surface area contributed by atoms with Crippen LogP contribution >= 0.6 is 25.3 Å². The summed E-state index contributed by atoms with van der Waals surface area (Å²) in [6, 6.07) is 0. The number of ether oxygens (including phenoxy) is 2. The van der Waals surface area contributed by atoms with E-state index >= 15 is 0 Å². The molecule has 6 heteroatoms. The first-order valence-corrected chi connectivity index (χ1v) is 7.13. The standard InChI is InChI=1S/C12H22O4S2/c1-5-7(3)15-11(13)9(17)10(18)12(14)16-8(4)6-2/h7-10,17-18H,5-6H2,1-4H3. The molecule has 0 N–H and O–H groups in total. The lowest BCUT2D eigenvalue weighted by atomic mass is 10.2. The van der Waals surface area contributed by atoms with Crippen molar-refractivity contribution < 1.29 is 19.1 Å². The van der Waals surface area contributed by atoms with Gasteiger partial charge < -0.3 is 9.47 Å². The Labute approximate surface area is 120 Å². The van der Waals surface area contributed by atoms with Crippen molar-refractivity contribution in [1.82, 2.24) is 0 Å². The van der Waals surface area contributed by atoms with Gasteiger partial charge in [0.05, 0.1) is 12.2 Å². The van der Waals surface area contributed by atoms with E-state index in [-0.39, 0.29) is 12.2 Å². The molecule has 0 aliphatic carbocycles. The Bertz CT molecular complexity index is 255. The molecule has 4 nitrogen and oxygen atoms in total. The van der Waals surface area contributed by atoms with Gasteiger partial charge in [-0.1, -0.05) is 13.8 Å². The number of hydrogen-bond acceptors (Lipinski definition) is 6. The molecular weight excluding hydrogens is 272 g/mol. The summed E-state index contributed by atoms with van der Waals surface area (Å²) in [5, 5.41) is -1.84. The van der Waals surface area contributed by atoms with Gasteiger partial charge in [0.15, 0.2) is 0 Å². The summed E-state index contributed by atoms with van der Waals surface area (Å²) >= 11 is 8.15. The second-order valence-electron chi connectivity index (χ2n) is 4.20. The average Bonchev–Trinajstić information content (AvgIpc) is 2.36. The Morgan fingerprint density at radius 1 is 0.889 bits per heavy atom. The SMILES string of the molecule is CCC(C)OC(=O)C(S)C(S)C(=O)OC(C)CC. The van der Waals surface area contributed by atoms with Crippen LogP contribution < -0.4 is 0 Å². The molecule has 18 heavy (non-hydrogen) atoms. The van der Waals surface area contributed by atoms with Gasteiger partial charge in [0, 0.05) is 0 Å². The molecule has 0 aromatic carbocycles. The van der Waals surface area contributed by atoms with Crippen LogP contribution in [0.25, 0.3) is 0 Å². The third kappa shape index (κ3) is 6.00. The van der Waals surface area contributed by atoms with E-state index < -0.39 is 22.4 Å². The lowest BCUT2D eigenvalue weighted by Crippen LogP contribution is -2.37. The van der Waals surface area contributed by atoms with Gasteiger partial charge in [-0.3, -0.25) is 9.59 Å². The van der Waals surface area contributed by atoms with Crippen LogP contribution in [0.3, 0.4) is 0 Å². The molecule has 0 rings (SSSR count). The van der Waals surface area contributed by atoms with Crippen molar-refractivity contribution in [2.24, 2.45) is 0 Å². The van der Waals surface area contributed by atoms with Crippen LogP contribution in [-0.2, 0) is 19.1 Å². The number of thiol groups is 2. The summed E-state index contributed by atoms with van der Waals surface area (Å²) in [7, 11) is 0. The van der Waals surface area contributed by atoms with Crippen LogP contribution in [0.2, 0.25) is 0 Å². The minimum Gasteiger partial charge on any atom is -0.462 e. The van der Waals surface area contributed by atoms with Gasteiger partial charge in [0.2, 0.25) is 0 Å². The number of hydrogen-bond donors (Lipinski definition) is 2. The Kier molecular flexibility index (Phi) is 8.52. The van der Waals surface area contributed by atoms with Crippen LogP contribution in [0.1, 0.15) is 40.5 Å². The summed E-state index contributed by atoms with van der Waals surface area (Å²) in [6.45, 7) is 7.37. The number of carbonyl (C=O) groups is 2. The molecule has 0 aliphatic heterocycles. The zero-order chi connectivity index (χ0) is 14.3. The van der Waals surface area contributed by atoms with E-state index in [0.29, 0.717) is 12.8 Å². The maximum absolute atomic E-state index is 11.7. The fraction of sp³-hybridized carbons (Fsp3) is 0.833. The van der Waals surface area contributed by atoms with Gasteiger partial charge in [-0.2, -0.15) is 25.3 Å². The third-order valence-electron chi connectivity index (χ3n) is 2.57. The van der Waals surface area contributed by atoms with E-state index in [1.54, 1.807) is 13.8 Å². The fourth-order valence-electron chi connectivity index (χ4n) is 0.960. The smallest absolute Gasteiger partial charge is 0.320 e. The molecule has 0 heterocycles. The predicted octanol–water partition coefficient (Wildman–Crippen LogP) is 2.27. The zero-order valence-corrected chi connectivity index (χ0v) is 13.0. The van der Waals surface area contributed by atoms with Gasteiger partial charge in [0.1, 0.15) is 10.5 Å². The van der Waals surface area contributed by atoms with Crippen LogP contribution in [0, 0.1) is 0 Å². The Hall–Kier alpha value is -0.360. The molecule has 0 aliphatic rings. The van der Waals surface area contributed by atoms with Gasteiger partial charge in [-0.15, -0.1) is 0 Å². The molecule has 0 saturated carbocycles. The van der Waals surface area contributed by atoms with E-state index in [9.17, 15) is 9.59 Å². The average molecular weight is 294 g/mol. The van der Waals surface area contributed by atoms with E-state index in [1.165, 1.54) is 0 Å². The first kappa shape index (κ1) is 17.6. The van der Waals surface area contributed by atoms with Gasteiger partial charge >= 0.3 is 11.9 Å². The molecule has 0 aromatic heterocycles. The monoisotopic (exact) mass is 294 g/mol. The second kappa shape index (κ2) is 8.69. The van der Waals surface area contributed by atoms with Crippen molar-refractivity contribution in [3.63, 3.8) is 0 Å². The molecule has 0 spiro atoms. The minimum atomic E-state index is -0.918. The lowest BCUT2D eigenvalue weighted by Gasteiger charge is -2.20. The lowest BCUT2D eigenvalue weighted by molar-refractivity contribution is -0.153. The van der Waals surface area contributed by atoms with Gasteiger partial charge in [-0.25, -0.2) is 0 Å².